The molecule has 0 heterocycles. The monoisotopic (exact) mass is 225 g/mol. The van der Waals surface area contributed by atoms with Gasteiger partial charge in [0.1, 0.15) is 0 Å². The number of hydrogen-bond acceptors (Lipinski definition) is 1. The summed E-state index contributed by atoms with van der Waals surface area (Å²) < 4.78 is 0. The lowest BCUT2D eigenvalue weighted by molar-refractivity contribution is 0.259. The third-order valence-electron chi connectivity index (χ3n) is 3.45. The van der Waals surface area contributed by atoms with Crippen LogP contribution >= 0.6 is 0 Å². The lowest BCUT2D eigenvalue weighted by Gasteiger charge is -2.30. The summed E-state index contributed by atoms with van der Waals surface area (Å²) in [6.07, 6.45) is 8.24. The molecule has 0 aromatic heterocycles. The van der Waals surface area contributed by atoms with Crippen LogP contribution in [0.1, 0.15) is 60.8 Å². The van der Waals surface area contributed by atoms with Crippen molar-refractivity contribution in [3.8, 4) is 0 Å². The fourth-order valence-electron chi connectivity index (χ4n) is 2.26. The predicted octanol–water partition coefficient (Wildman–Crippen LogP) is 4.39. The second kappa shape index (κ2) is 8.81. The molecule has 1 unspecified atom stereocenters. The summed E-state index contributed by atoms with van der Waals surface area (Å²) in [7, 11) is 0. The van der Waals surface area contributed by atoms with Gasteiger partial charge in [0.05, 0.1) is 0 Å². The minimum Gasteiger partial charge on any atom is -0.311 e. The molecule has 16 heavy (non-hydrogen) atoms. The first kappa shape index (κ1) is 15.7. The highest BCUT2D eigenvalue weighted by Gasteiger charge is 2.21. The zero-order chi connectivity index (χ0) is 12.6. The van der Waals surface area contributed by atoms with Crippen molar-refractivity contribution in [1.82, 2.24) is 5.32 Å². The number of nitrogens with one attached hydrogen (secondary N) is 1. The van der Waals surface area contributed by atoms with Crippen LogP contribution in [0.2, 0.25) is 0 Å². The van der Waals surface area contributed by atoms with Gasteiger partial charge in [-0.3, -0.25) is 0 Å². The molecule has 0 amide bonds. The van der Waals surface area contributed by atoms with Crippen molar-refractivity contribution < 1.29 is 0 Å². The average Bonchev–Trinajstić information content (AvgIpc) is 2.23. The van der Waals surface area contributed by atoms with Crippen LogP contribution in [0, 0.1) is 11.8 Å². The van der Waals surface area contributed by atoms with Gasteiger partial charge in [0.2, 0.25) is 0 Å². The van der Waals surface area contributed by atoms with E-state index < -0.39 is 0 Å². The maximum Gasteiger partial charge on any atom is 0.0132 e. The first-order chi connectivity index (χ1) is 7.52. The molecule has 0 aliphatic rings. The second-order valence-electron chi connectivity index (χ2n) is 5.36. The maximum absolute atomic E-state index is 3.70. The second-order valence-corrected chi connectivity index (χ2v) is 5.36. The molecule has 0 aliphatic carbocycles. The van der Waals surface area contributed by atoms with Crippen LogP contribution in [0.5, 0.6) is 0 Å². The smallest absolute Gasteiger partial charge is 0.0132 e. The lowest BCUT2D eigenvalue weighted by atomic mass is 9.84. The SMILES string of the molecule is C/C=C\CC(NC(C)C)[C@@H](C)[C@H](C)CCC. The number of hydrogen-bond donors (Lipinski definition) is 1. The predicted molar refractivity (Wildman–Crippen MR) is 74.7 cm³/mol. The highest BCUT2D eigenvalue weighted by molar-refractivity contribution is 4.88. The molecule has 0 radical (unpaired) electrons. The molecule has 0 rings (SSSR count). The Morgan fingerprint density at radius 1 is 1.12 bits per heavy atom. The van der Waals surface area contributed by atoms with Crippen LogP contribution in [0.15, 0.2) is 12.2 Å². The third-order valence-corrected chi connectivity index (χ3v) is 3.45. The Kier molecular flexibility index (Phi) is 8.64. The Morgan fingerprint density at radius 3 is 2.19 bits per heavy atom. The van der Waals surface area contributed by atoms with Gasteiger partial charge in [0, 0.05) is 12.1 Å². The molecule has 0 saturated carbocycles. The van der Waals surface area contributed by atoms with E-state index in [4.69, 9.17) is 0 Å². The Labute approximate surface area is 103 Å². The van der Waals surface area contributed by atoms with Gasteiger partial charge in [-0.25, -0.2) is 0 Å². The zero-order valence-electron chi connectivity index (χ0n) is 12.1. The Morgan fingerprint density at radius 2 is 1.75 bits per heavy atom. The van der Waals surface area contributed by atoms with Crippen LogP contribution in [0.4, 0.5) is 0 Å². The van der Waals surface area contributed by atoms with E-state index in [-0.39, 0.29) is 0 Å². The van der Waals surface area contributed by atoms with Gasteiger partial charge in [0.15, 0.2) is 0 Å². The molecule has 0 spiro atoms. The molecule has 0 aromatic carbocycles. The van der Waals surface area contributed by atoms with Crippen molar-refractivity contribution in [2.45, 2.75) is 72.9 Å². The maximum atomic E-state index is 3.70. The topological polar surface area (TPSA) is 12.0 Å². The van der Waals surface area contributed by atoms with Gasteiger partial charge in [-0.15, -0.1) is 0 Å². The largest absolute Gasteiger partial charge is 0.311 e. The van der Waals surface area contributed by atoms with E-state index in [1.165, 1.54) is 12.8 Å². The fraction of sp³-hybridized carbons (Fsp3) is 0.867. The van der Waals surface area contributed by atoms with E-state index in [1.54, 1.807) is 0 Å². The van der Waals surface area contributed by atoms with E-state index in [9.17, 15) is 0 Å². The van der Waals surface area contributed by atoms with Crippen LogP contribution in [-0.4, -0.2) is 12.1 Å². The molecule has 0 aromatic rings. The van der Waals surface area contributed by atoms with Crippen LogP contribution in [0.25, 0.3) is 0 Å². The molecule has 1 N–H and O–H groups in total. The zero-order valence-corrected chi connectivity index (χ0v) is 12.1. The molecule has 0 aliphatic heterocycles. The summed E-state index contributed by atoms with van der Waals surface area (Å²) in [5, 5.41) is 3.70. The molecule has 96 valence electrons. The van der Waals surface area contributed by atoms with Crippen molar-refractivity contribution >= 4 is 0 Å². The summed E-state index contributed by atoms with van der Waals surface area (Å²) >= 11 is 0. The van der Waals surface area contributed by atoms with Crippen LogP contribution in [0.3, 0.4) is 0 Å². The van der Waals surface area contributed by atoms with Gasteiger partial charge in [-0.1, -0.05) is 59.6 Å². The molecule has 1 nitrogen and oxygen atoms in total. The highest BCUT2D eigenvalue weighted by atomic mass is 14.9. The lowest BCUT2D eigenvalue weighted by Crippen LogP contribution is -2.41. The average molecular weight is 225 g/mol. The summed E-state index contributed by atoms with van der Waals surface area (Å²) in [4.78, 5) is 0. The molecular weight excluding hydrogens is 194 g/mol. The van der Waals surface area contributed by atoms with Gasteiger partial charge < -0.3 is 5.32 Å². The van der Waals surface area contributed by atoms with Gasteiger partial charge in [-0.05, 0) is 25.2 Å². The first-order valence-corrected chi connectivity index (χ1v) is 6.90. The Hall–Kier alpha value is -0.300. The molecule has 1 heteroatoms. The van der Waals surface area contributed by atoms with E-state index in [2.05, 4.69) is 59.0 Å². The van der Waals surface area contributed by atoms with E-state index >= 15 is 0 Å². The number of rotatable bonds is 8. The van der Waals surface area contributed by atoms with Crippen molar-refractivity contribution in [3.63, 3.8) is 0 Å². The first-order valence-electron chi connectivity index (χ1n) is 6.90. The summed E-state index contributed by atoms with van der Waals surface area (Å²) in [6.45, 7) is 13.6. The van der Waals surface area contributed by atoms with Crippen molar-refractivity contribution in [2.75, 3.05) is 0 Å². The van der Waals surface area contributed by atoms with Gasteiger partial charge in [0.25, 0.3) is 0 Å². The van der Waals surface area contributed by atoms with Crippen molar-refractivity contribution in [3.05, 3.63) is 12.2 Å². The quantitative estimate of drug-likeness (QED) is 0.604. The minimum absolute atomic E-state index is 0.575. The minimum atomic E-state index is 0.575. The van der Waals surface area contributed by atoms with E-state index in [1.807, 2.05) is 0 Å². The Balaban J connectivity index is 4.34. The standard InChI is InChI=1S/C15H31N/c1-7-9-11-15(16-12(3)4)14(6)13(5)10-8-2/h7,9,12-16H,8,10-11H2,1-6H3/b9-7-/t13-,14+,15?/m1/s1. The highest BCUT2D eigenvalue weighted by Crippen LogP contribution is 2.22. The summed E-state index contributed by atoms with van der Waals surface area (Å²) in [6, 6.07) is 1.20. The van der Waals surface area contributed by atoms with E-state index in [0.29, 0.717) is 12.1 Å². The van der Waals surface area contributed by atoms with Crippen molar-refractivity contribution in [1.29, 1.82) is 0 Å². The molecule has 0 saturated heterocycles. The third kappa shape index (κ3) is 6.32. The van der Waals surface area contributed by atoms with Crippen molar-refractivity contribution in [2.24, 2.45) is 11.8 Å². The fourth-order valence-corrected chi connectivity index (χ4v) is 2.26. The normalized spacial score (nSPS) is 17.9. The van der Waals surface area contributed by atoms with Gasteiger partial charge >= 0.3 is 0 Å². The number of allylic oxidation sites excluding steroid dienone is 1. The van der Waals surface area contributed by atoms with E-state index in [0.717, 1.165) is 18.3 Å². The molecule has 0 bridgehead atoms. The Bertz CT molecular complexity index is 184. The van der Waals surface area contributed by atoms with Gasteiger partial charge in [-0.2, -0.15) is 0 Å². The summed E-state index contributed by atoms with van der Waals surface area (Å²) in [5.74, 6) is 1.56. The molecular formula is C15H31N. The van der Waals surface area contributed by atoms with Crippen LogP contribution < -0.4 is 5.32 Å². The van der Waals surface area contributed by atoms with Crippen LogP contribution in [-0.2, 0) is 0 Å². The molecule has 3 atom stereocenters. The summed E-state index contributed by atoms with van der Waals surface area (Å²) in [5.41, 5.74) is 0. The molecule has 0 fully saturated rings.